The number of hydrogen-bond donors (Lipinski definition) is 1. The molecule has 2 heterocycles. The summed E-state index contributed by atoms with van der Waals surface area (Å²) in [7, 11) is 0. The van der Waals surface area contributed by atoms with Crippen LogP contribution in [0.25, 0.3) is 0 Å². The van der Waals surface area contributed by atoms with E-state index in [2.05, 4.69) is 42.4 Å². The Morgan fingerprint density at radius 2 is 2.38 bits per heavy atom. The highest BCUT2D eigenvalue weighted by molar-refractivity contribution is 8.01. The normalized spacial score (nSPS) is 33.0. The van der Waals surface area contributed by atoms with Crippen LogP contribution in [-0.4, -0.2) is 29.2 Å². The number of hydrogen-bond acceptors (Lipinski definition) is 3. The van der Waals surface area contributed by atoms with Gasteiger partial charge in [-0.2, -0.15) is 0 Å². The zero-order chi connectivity index (χ0) is 14.2. The molecule has 5 heteroatoms. The van der Waals surface area contributed by atoms with Crippen LogP contribution >= 0.6 is 24.2 Å². The molecule has 3 rings (SSSR count). The quantitative estimate of drug-likeness (QED) is 0.865. The highest BCUT2D eigenvalue weighted by atomic mass is 35.5. The maximum Gasteiger partial charge on any atom is 0.224 e. The van der Waals surface area contributed by atoms with Crippen LogP contribution in [0.2, 0.25) is 0 Å². The molecule has 21 heavy (non-hydrogen) atoms. The summed E-state index contributed by atoms with van der Waals surface area (Å²) in [6.45, 7) is 5.03. The number of rotatable bonds is 3. The third-order valence-electron chi connectivity index (χ3n) is 4.46. The largest absolute Gasteiger partial charge is 0.356 e. The van der Waals surface area contributed by atoms with Crippen molar-refractivity contribution in [1.82, 2.24) is 5.32 Å². The number of thioether (sulfide) groups is 1. The first-order chi connectivity index (χ1) is 9.63. The minimum Gasteiger partial charge on any atom is -0.356 e. The maximum absolute atomic E-state index is 12.5. The van der Waals surface area contributed by atoms with Gasteiger partial charge in [-0.1, -0.05) is 26.0 Å². The molecule has 0 aromatic rings. The van der Waals surface area contributed by atoms with Gasteiger partial charge in [-0.05, 0) is 30.8 Å². The third-order valence-corrected chi connectivity index (χ3v) is 6.18. The van der Waals surface area contributed by atoms with E-state index in [1.165, 1.54) is 5.70 Å². The third kappa shape index (κ3) is 2.93. The molecule has 2 aliphatic heterocycles. The molecule has 3 atom stereocenters. The summed E-state index contributed by atoms with van der Waals surface area (Å²) in [4.78, 5) is 17.1. The Kier molecular flexibility index (Phi) is 5.20. The number of carbonyl (C=O) groups excluding carboxylic acids is 1. The predicted octanol–water partition coefficient (Wildman–Crippen LogP) is 3.22. The first-order valence-electron chi connectivity index (χ1n) is 7.45. The molecular weight excluding hydrogens is 304 g/mol. The van der Waals surface area contributed by atoms with Crippen molar-refractivity contribution >= 4 is 36.3 Å². The van der Waals surface area contributed by atoms with Crippen molar-refractivity contribution in [2.45, 2.75) is 31.4 Å². The molecule has 116 valence electrons. The van der Waals surface area contributed by atoms with Gasteiger partial charge in [0, 0.05) is 18.5 Å². The fourth-order valence-electron chi connectivity index (χ4n) is 3.37. The van der Waals surface area contributed by atoms with E-state index < -0.39 is 0 Å². The van der Waals surface area contributed by atoms with Gasteiger partial charge in [-0.3, -0.25) is 9.79 Å². The molecule has 3 unspecified atom stereocenters. The molecule has 1 N–H and O–H groups in total. The summed E-state index contributed by atoms with van der Waals surface area (Å²) in [6, 6.07) is 0. The molecule has 1 fully saturated rings. The van der Waals surface area contributed by atoms with Crippen molar-refractivity contribution in [2.24, 2.45) is 22.7 Å². The van der Waals surface area contributed by atoms with E-state index in [9.17, 15) is 4.79 Å². The fourth-order valence-corrected chi connectivity index (χ4v) is 5.19. The summed E-state index contributed by atoms with van der Waals surface area (Å²) in [5.41, 5.74) is 1.17. The summed E-state index contributed by atoms with van der Waals surface area (Å²) >= 11 is 1.93. The number of allylic oxidation sites excluding steroid dienone is 3. The highest BCUT2D eigenvalue weighted by Crippen LogP contribution is 2.56. The molecule has 3 nitrogen and oxygen atoms in total. The van der Waals surface area contributed by atoms with Crippen LogP contribution in [0, 0.1) is 17.8 Å². The van der Waals surface area contributed by atoms with Crippen LogP contribution in [-0.2, 0) is 4.79 Å². The van der Waals surface area contributed by atoms with Gasteiger partial charge in [0.05, 0.1) is 16.4 Å². The molecule has 0 saturated carbocycles. The van der Waals surface area contributed by atoms with Gasteiger partial charge in [0.2, 0.25) is 5.91 Å². The monoisotopic (exact) mass is 326 g/mol. The molecule has 1 spiro atoms. The standard InChI is InChI=1S/C16H22N2OS.ClH/c1-11(2)9-18-15(19)12-10-20-16-7-4-3-5-14(16)17-8-6-13(12)16;/h3-5,8,11-13H,6-7,9-10H2,1-2H3,(H,18,19);1H. The van der Waals surface area contributed by atoms with Gasteiger partial charge in [-0.15, -0.1) is 24.2 Å². The Balaban J connectivity index is 0.00000161. The van der Waals surface area contributed by atoms with E-state index in [-0.39, 0.29) is 29.0 Å². The lowest BCUT2D eigenvalue weighted by atomic mass is 9.73. The molecular formula is C16H23ClN2OS. The molecule has 3 aliphatic rings. The zero-order valence-corrected chi connectivity index (χ0v) is 14.2. The van der Waals surface area contributed by atoms with Crippen LogP contribution in [0.3, 0.4) is 0 Å². The van der Waals surface area contributed by atoms with E-state index in [0.29, 0.717) is 11.8 Å². The fraction of sp³-hybridized carbons (Fsp3) is 0.625. The SMILES string of the molecule is CC(C)CNC(=O)C1CSC23CC=CC=C2N=CCC13.Cl. The summed E-state index contributed by atoms with van der Waals surface area (Å²) in [5.74, 6) is 2.18. The lowest BCUT2D eigenvalue weighted by molar-refractivity contribution is -0.125. The molecule has 0 radical (unpaired) electrons. The van der Waals surface area contributed by atoms with E-state index in [4.69, 9.17) is 0 Å². The Morgan fingerprint density at radius 1 is 1.57 bits per heavy atom. The number of carbonyl (C=O) groups is 1. The molecule has 1 saturated heterocycles. The smallest absolute Gasteiger partial charge is 0.224 e. The minimum atomic E-state index is 0. The van der Waals surface area contributed by atoms with Crippen molar-refractivity contribution in [3.8, 4) is 0 Å². The van der Waals surface area contributed by atoms with Crippen LogP contribution < -0.4 is 5.32 Å². The van der Waals surface area contributed by atoms with Crippen LogP contribution in [0.15, 0.2) is 28.9 Å². The Morgan fingerprint density at radius 3 is 3.14 bits per heavy atom. The van der Waals surface area contributed by atoms with E-state index in [1.54, 1.807) is 0 Å². The lowest BCUT2D eigenvalue weighted by Crippen LogP contribution is -2.43. The number of amides is 1. The first-order valence-corrected chi connectivity index (χ1v) is 8.43. The van der Waals surface area contributed by atoms with Crippen LogP contribution in [0.1, 0.15) is 26.7 Å². The highest BCUT2D eigenvalue weighted by Gasteiger charge is 2.54. The van der Waals surface area contributed by atoms with Crippen molar-refractivity contribution in [3.63, 3.8) is 0 Å². The van der Waals surface area contributed by atoms with E-state index in [1.807, 2.05) is 18.0 Å². The molecule has 0 aromatic heterocycles. The molecule has 1 aliphatic carbocycles. The average Bonchev–Trinajstić information content (AvgIpc) is 2.82. The van der Waals surface area contributed by atoms with Crippen LogP contribution in [0.5, 0.6) is 0 Å². The maximum atomic E-state index is 12.5. The summed E-state index contributed by atoms with van der Waals surface area (Å²) < 4.78 is 0.0589. The number of nitrogens with zero attached hydrogens (tertiary/aromatic N) is 1. The van der Waals surface area contributed by atoms with Gasteiger partial charge in [-0.25, -0.2) is 0 Å². The van der Waals surface area contributed by atoms with Gasteiger partial charge in [0.1, 0.15) is 0 Å². The second-order valence-electron chi connectivity index (χ2n) is 6.28. The second kappa shape index (κ2) is 6.57. The predicted molar refractivity (Wildman–Crippen MR) is 92.2 cm³/mol. The Hall–Kier alpha value is -0.740. The van der Waals surface area contributed by atoms with Crippen molar-refractivity contribution in [3.05, 3.63) is 23.9 Å². The topological polar surface area (TPSA) is 41.5 Å². The molecule has 0 aromatic carbocycles. The second-order valence-corrected chi connectivity index (χ2v) is 7.63. The number of halogens is 1. The van der Waals surface area contributed by atoms with Gasteiger partial charge in [0.15, 0.2) is 0 Å². The Bertz CT molecular complexity index is 501. The van der Waals surface area contributed by atoms with Crippen molar-refractivity contribution < 1.29 is 4.79 Å². The van der Waals surface area contributed by atoms with Crippen LogP contribution in [0.4, 0.5) is 0 Å². The summed E-state index contributed by atoms with van der Waals surface area (Å²) in [6.07, 6.45) is 10.4. The van der Waals surface area contributed by atoms with Crippen molar-refractivity contribution in [1.29, 1.82) is 0 Å². The molecule has 1 amide bonds. The summed E-state index contributed by atoms with van der Waals surface area (Å²) in [5, 5.41) is 3.12. The molecule has 0 bridgehead atoms. The van der Waals surface area contributed by atoms with Crippen molar-refractivity contribution in [2.75, 3.05) is 12.3 Å². The Labute approximate surface area is 137 Å². The average molecular weight is 327 g/mol. The van der Waals surface area contributed by atoms with Gasteiger partial charge in [0.25, 0.3) is 0 Å². The zero-order valence-electron chi connectivity index (χ0n) is 12.5. The minimum absolute atomic E-state index is 0. The van der Waals surface area contributed by atoms with E-state index in [0.717, 1.165) is 25.1 Å². The first kappa shape index (κ1) is 16.6. The lowest BCUT2D eigenvalue weighted by Gasteiger charge is -2.39. The number of aliphatic imine (C=N–C) groups is 1. The van der Waals surface area contributed by atoms with Gasteiger partial charge < -0.3 is 5.32 Å². The van der Waals surface area contributed by atoms with Gasteiger partial charge >= 0.3 is 0 Å². The number of nitrogens with one attached hydrogen (secondary N) is 1. The van der Waals surface area contributed by atoms with E-state index >= 15 is 0 Å².